The van der Waals surface area contributed by atoms with Crippen LogP contribution in [0.4, 0.5) is 4.39 Å². The SMILES string of the molecule is O=C1NC(=S)NC(=O)C1=Cc1cc(Cl)ccc1OCc1ccc(F)cc1. The molecule has 26 heavy (non-hydrogen) atoms. The van der Waals surface area contributed by atoms with Crippen molar-refractivity contribution in [1.82, 2.24) is 10.6 Å². The molecule has 0 aromatic heterocycles. The molecule has 0 bridgehead atoms. The number of hydrogen-bond donors (Lipinski definition) is 2. The van der Waals surface area contributed by atoms with Gasteiger partial charge in [0.15, 0.2) is 5.11 Å². The van der Waals surface area contributed by atoms with Gasteiger partial charge in [0, 0.05) is 10.6 Å². The van der Waals surface area contributed by atoms with E-state index in [4.69, 9.17) is 28.6 Å². The minimum atomic E-state index is -0.608. The molecule has 1 saturated heterocycles. The molecule has 1 aliphatic rings. The van der Waals surface area contributed by atoms with Gasteiger partial charge in [-0.05, 0) is 54.2 Å². The molecular weight excluding hydrogens is 379 g/mol. The quantitative estimate of drug-likeness (QED) is 0.478. The first kappa shape index (κ1) is 18.0. The predicted molar refractivity (Wildman–Crippen MR) is 99.0 cm³/mol. The third-order valence-corrected chi connectivity index (χ3v) is 3.96. The van der Waals surface area contributed by atoms with Crippen molar-refractivity contribution in [3.63, 3.8) is 0 Å². The number of benzene rings is 2. The zero-order valence-electron chi connectivity index (χ0n) is 13.2. The lowest BCUT2D eigenvalue weighted by Crippen LogP contribution is -2.51. The maximum Gasteiger partial charge on any atom is 0.263 e. The molecular formula is C18H12ClFN2O3S. The highest BCUT2D eigenvalue weighted by atomic mass is 35.5. The summed E-state index contributed by atoms with van der Waals surface area (Å²) in [6.45, 7) is 0.181. The fourth-order valence-corrected chi connectivity index (χ4v) is 2.63. The van der Waals surface area contributed by atoms with E-state index in [-0.39, 0.29) is 23.1 Å². The van der Waals surface area contributed by atoms with Crippen LogP contribution in [0.5, 0.6) is 5.75 Å². The van der Waals surface area contributed by atoms with Gasteiger partial charge in [0.25, 0.3) is 11.8 Å². The summed E-state index contributed by atoms with van der Waals surface area (Å²) in [5, 5.41) is 5.09. The van der Waals surface area contributed by atoms with E-state index in [9.17, 15) is 14.0 Å². The number of carbonyl (C=O) groups is 2. The topological polar surface area (TPSA) is 67.4 Å². The Kier molecular flexibility index (Phi) is 5.29. The van der Waals surface area contributed by atoms with Crippen LogP contribution in [0.15, 0.2) is 48.0 Å². The average molecular weight is 391 g/mol. The molecule has 2 aromatic rings. The molecule has 1 heterocycles. The number of hydrogen-bond acceptors (Lipinski definition) is 4. The Balaban J connectivity index is 1.87. The third-order valence-electron chi connectivity index (χ3n) is 3.52. The molecule has 0 spiro atoms. The Morgan fingerprint density at radius 2 is 1.73 bits per heavy atom. The van der Waals surface area contributed by atoms with Gasteiger partial charge >= 0.3 is 0 Å². The molecule has 0 radical (unpaired) electrons. The lowest BCUT2D eigenvalue weighted by atomic mass is 10.1. The number of nitrogens with one attached hydrogen (secondary N) is 2. The van der Waals surface area contributed by atoms with Crippen LogP contribution in [-0.4, -0.2) is 16.9 Å². The second-order valence-electron chi connectivity index (χ2n) is 5.39. The summed E-state index contributed by atoms with van der Waals surface area (Å²) in [6.07, 6.45) is 1.37. The minimum Gasteiger partial charge on any atom is -0.488 e. The molecule has 8 heteroatoms. The van der Waals surface area contributed by atoms with Gasteiger partial charge in [0.05, 0.1) is 0 Å². The van der Waals surface area contributed by atoms with E-state index in [1.54, 1.807) is 30.3 Å². The van der Waals surface area contributed by atoms with Gasteiger partial charge in [0.1, 0.15) is 23.7 Å². The molecule has 0 atom stereocenters. The van der Waals surface area contributed by atoms with Gasteiger partial charge in [-0.1, -0.05) is 23.7 Å². The van der Waals surface area contributed by atoms with Gasteiger partial charge in [-0.15, -0.1) is 0 Å². The fraction of sp³-hybridized carbons (Fsp3) is 0.0556. The van der Waals surface area contributed by atoms with E-state index in [0.717, 1.165) is 5.56 Å². The van der Waals surface area contributed by atoms with Crippen molar-refractivity contribution in [3.05, 3.63) is 70.0 Å². The van der Waals surface area contributed by atoms with Gasteiger partial charge in [-0.25, -0.2) is 4.39 Å². The molecule has 0 aliphatic carbocycles. The smallest absolute Gasteiger partial charge is 0.263 e. The highest BCUT2D eigenvalue weighted by Gasteiger charge is 2.26. The Labute approximate surface area is 158 Å². The molecule has 1 aliphatic heterocycles. The molecule has 0 unspecified atom stereocenters. The monoisotopic (exact) mass is 390 g/mol. The van der Waals surface area contributed by atoms with Crippen molar-refractivity contribution >= 4 is 46.8 Å². The van der Waals surface area contributed by atoms with Crippen LogP contribution in [0, 0.1) is 5.82 Å². The minimum absolute atomic E-state index is 0.0453. The zero-order chi connectivity index (χ0) is 18.7. The molecule has 0 saturated carbocycles. The van der Waals surface area contributed by atoms with E-state index in [1.165, 1.54) is 18.2 Å². The summed E-state index contributed by atoms with van der Waals surface area (Å²) in [4.78, 5) is 24.0. The molecule has 2 aromatic carbocycles. The highest BCUT2D eigenvalue weighted by Crippen LogP contribution is 2.26. The second kappa shape index (κ2) is 7.63. The summed E-state index contributed by atoms with van der Waals surface area (Å²) >= 11 is 10.8. The van der Waals surface area contributed by atoms with Crippen LogP contribution in [0.2, 0.25) is 5.02 Å². The van der Waals surface area contributed by atoms with Crippen molar-refractivity contribution in [3.8, 4) is 5.75 Å². The second-order valence-corrected chi connectivity index (χ2v) is 6.24. The molecule has 3 rings (SSSR count). The molecule has 2 amide bonds. The van der Waals surface area contributed by atoms with Crippen molar-refractivity contribution in [2.24, 2.45) is 0 Å². The number of amides is 2. The van der Waals surface area contributed by atoms with Crippen molar-refractivity contribution < 1.29 is 18.7 Å². The Bertz CT molecular complexity index is 907. The van der Waals surface area contributed by atoms with E-state index in [1.807, 2.05) is 0 Å². The largest absolute Gasteiger partial charge is 0.488 e. The zero-order valence-corrected chi connectivity index (χ0v) is 14.8. The first-order valence-electron chi connectivity index (χ1n) is 7.47. The lowest BCUT2D eigenvalue weighted by molar-refractivity contribution is -0.123. The van der Waals surface area contributed by atoms with E-state index >= 15 is 0 Å². The van der Waals surface area contributed by atoms with E-state index in [0.29, 0.717) is 16.3 Å². The predicted octanol–water partition coefficient (Wildman–Crippen LogP) is 2.97. The van der Waals surface area contributed by atoms with Gasteiger partial charge < -0.3 is 4.74 Å². The highest BCUT2D eigenvalue weighted by molar-refractivity contribution is 7.80. The van der Waals surface area contributed by atoms with E-state index < -0.39 is 11.8 Å². The number of halogens is 2. The first-order chi connectivity index (χ1) is 12.4. The Morgan fingerprint density at radius 3 is 2.38 bits per heavy atom. The molecule has 1 fully saturated rings. The summed E-state index contributed by atoms with van der Waals surface area (Å²) < 4.78 is 18.7. The molecule has 132 valence electrons. The van der Waals surface area contributed by atoms with Crippen LogP contribution in [0.3, 0.4) is 0 Å². The van der Waals surface area contributed by atoms with Crippen LogP contribution in [0.25, 0.3) is 6.08 Å². The summed E-state index contributed by atoms with van der Waals surface area (Å²) in [5.74, 6) is -1.13. The van der Waals surface area contributed by atoms with Crippen molar-refractivity contribution in [2.45, 2.75) is 6.61 Å². The van der Waals surface area contributed by atoms with Crippen LogP contribution in [0.1, 0.15) is 11.1 Å². The lowest BCUT2D eigenvalue weighted by Gasteiger charge is -2.17. The normalized spacial score (nSPS) is 13.9. The van der Waals surface area contributed by atoms with Gasteiger partial charge in [-0.2, -0.15) is 0 Å². The standard InChI is InChI=1S/C18H12ClFN2O3S/c19-12-3-6-15(25-9-10-1-4-13(20)5-2-10)11(7-12)8-14-16(23)21-18(26)22-17(14)24/h1-8H,9H2,(H2,21,22,23,24,26). The number of thiocarbonyl (C=S) groups is 1. The van der Waals surface area contributed by atoms with Crippen LogP contribution >= 0.6 is 23.8 Å². The molecule has 5 nitrogen and oxygen atoms in total. The maximum atomic E-state index is 13.0. The van der Waals surface area contributed by atoms with Crippen molar-refractivity contribution in [1.29, 1.82) is 0 Å². The van der Waals surface area contributed by atoms with Gasteiger partial charge in [0.2, 0.25) is 0 Å². The van der Waals surface area contributed by atoms with Crippen LogP contribution < -0.4 is 15.4 Å². The van der Waals surface area contributed by atoms with Crippen molar-refractivity contribution in [2.75, 3.05) is 0 Å². The third kappa shape index (κ3) is 4.25. The van der Waals surface area contributed by atoms with Gasteiger partial charge in [-0.3, -0.25) is 20.2 Å². The number of ether oxygens (including phenoxy) is 1. The summed E-state index contributed by atoms with van der Waals surface area (Å²) in [6, 6.07) is 10.7. The maximum absolute atomic E-state index is 13.0. The summed E-state index contributed by atoms with van der Waals surface area (Å²) in [7, 11) is 0. The fourth-order valence-electron chi connectivity index (χ4n) is 2.27. The molecule has 2 N–H and O–H groups in total. The Hall–Kier alpha value is -2.77. The first-order valence-corrected chi connectivity index (χ1v) is 8.26. The number of carbonyl (C=O) groups excluding carboxylic acids is 2. The van der Waals surface area contributed by atoms with E-state index in [2.05, 4.69) is 10.6 Å². The Morgan fingerprint density at radius 1 is 1.08 bits per heavy atom. The average Bonchev–Trinajstić information content (AvgIpc) is 2.58. The number of rotatable bonds is 4. The summed E-state index contributed by atoms with van der Waals surface area (Å²) in [5.41, 5.74) is 1.10. The van der Waals surface area contributed by atoms with Crippen LogP contribution in [-0.2, 0) is 16.2 Å².